The van der Waals surface area contributed by atoms with E-state index in [1.165, 1.54) is 0 Å². The smallest absolute Gasteiger partial charge is 0.267 e. The van der Waals surface area contributed by atoms with Gasteiger partial charge < -0.3 is 0 Å². The highest BCUT2D eigenvalue weighted by atomic mass is 35.5. The Morgan fingerprint density at radius 1 is 1.04 bits per heavy atom. The molecule has 1 aliphatic heterocycles. The summed E-state index contributed by atoms with van der Waals surface area (Å²) >= 11 is 6.53. The Morgan fingerprint density at radius 3 is 2.57 bits per heavy atom. The van der Waals surface area contributed by atoms with Gasteiger partial charge in [-0.05, 0) is 63.4 Å². The first-order valence-corrected chi connectivity index (χ1v) is 9.61. The van der Waals surface area contributed by atoms with E-state index in [0.29, 0.717) is 27.6 Å². The first-order valence-electron chi connectivity index (χ1n) is 9.23. The monoisotopic (exact) mass is 392 g/mol. The zero-order valence-corrected chi connectivity index (χ0v) is 16.9. The van der Waals surface area contributed by atoms with E-state index in [1.807, 2.05) is 69.6 Å². The van der Waals surface area contributed by atoms with Gasteiger partial charge in [0.15, 0.2) is 0 Å². The summed E-state index contributed by atoms with van der Waals surface area (Å²) in [6.45, 7) is 5.97. The first kappa shape index (κ1) is 18.4. The summed E-state index contributed by atoms with van der Waals surface area (Å²) < 4.78 is 1.55. The summed E-state index contributed by atoms with van der Waals surface area (Å²) in [5.41, 5.74) is 4.25. The number of anilines is 1. The summed E-state index contributed by atoms with van der Waals surface area (Å²) in [6.07, 6.45) is 5.53. The number of hydrazone groups is 1. The van der Waals surface area contributed by atoms with Crippen LogP contribution in [0.25, 0.3) is 16.6 Å². The van der Waals surface area contributed by atoms with Crippen molar-refractivity contribution in [1.82, 2.24) is 9.55 Å². The van der Waals surface area contributed by atoms with E-state index in [1.54, 1.807) is 9.58 Å². The topological polar surface area (TPSA) is 50.5 Å². The van der Waals surface area contributed by atoms with Crippen molar-refractivity contribution >= 4 is 34.7 Å². The summed E-state index contributed by atoms with van der Waals surface area (Å²) in [4.78, 5) is 18.3. The third kappa shape index (κ3) is 3.34. The minimum atomic E-state index is -0.167. The maximum Gasteiger partial charge on any atom is 0.267 e. The zero-order chi connectivity index (χ0) is 19.8. The molecule has 5 nitrogen and oxygen atoms in total. The molecule has 0 radical (unpaired) electrons. The largest absolute Gasteiger partial charge is 0.268 e. The quantitative estimate of drug-likeness (QED) is 0.606. The molecule has 6 heteroatoms. The van der Waals surface area contributed by atoms with E-state index in [2.05, 4.69) is 5.10 Å². The number of allylic oxidation sites excluding steroid dienone is 1. The number of halogens is 1. The van der Waals surface area contributed by atoms with E-state index in [9.17, 15) is 4.79 Å². The number of nitrogens with zero attached hydrogens (tertiary/aromatic N) is 4. The van der Waals surface area contributed by atoms with Gasteiger partial charge in [0, 0.05) is 12.4 Å². The van der Waals surface area contributed by atoms with Gasteiger partial charge in [-0.15, -0.1) is 0 Å². The lowest BCUT2D eigenvalue weighted by Gasteiger charge is -2.20. The lowest BCUT2D eigenvalue weighted by molar-refractivity contribution is 0.883. The molecule has 0 spiro atoms. The third-order valence-electron chi connectivity index (χ3n) is 4.77. The fourth-order valence-electron chi connectivity index (χ4n) is 3.31. The predicted molar refractivity (Wildman–Crippen MR) is 116 cm³/mol. The SMILES string of the molecule is CC1=CN(c2nc3ccc(C)cc3c(=O)n2-c2ccc(C)cc2Cl)N=CCC1. The van der Waals surface area contributed by atoms with Crippen LogP contribution in [0.1, 0.15) is 30.9 Å². The van der Waals surface area contributed by atoms with Crippen LogP contribution in [0, 0.1) is 13.8 Å². The highest BCUT2D eigenvalue weighted by molar-refractivity contribution is 6.32. The van der Waals surface area contributed by atoms with Gasteiger partial charge >= 0.3 is 0 Å². The van der Waals surface area contributed by atoms with Crippen LogP contribution in [0.15, 0.2) is 58.1 Å². The molecule has 4 rings (SSSR count). The van der Waals surface area contributed by atoms with Crippen LogP contribution in [-0.4, -0.2) is 15.8 Å². The van der Waals surface area contributed by atoms with Crippen LogP contribution >= 0.6 is 11.6 Å². The van der Waals surface area contributed by atoms with Gasteiger partial charge in [0.05, 0.1) is 21.6 Å². The molecule has 1 aliphatic rings. The summed E-state index contributed by atoms with van der Waals surface area (Å²) in [5.74, 6) is 0.421. The molecular formula is C22H21ClN4O. The normalized spacial score (nSPS) is 14.3. The molecule has 0 fully saturated rings. The predicted octanol–water partition coefficient (Wildman–Crippen LogP) is 5.15. The maximum atomic E-state index is 13.5. The second kappa shape index (κ2) is 7.24. The van der Waals surface area contributed by atoms with Crippen molar-refractivity contribution in [2.45, 2.75) is 33.6 Å². The molecule has 2 aromatic carbocycles. The fourth-order valence-corrected chi connectivity index (χ4v) is 3.63. The van der Waals surface area contributed by atoms with E-state index < -0.39 is 0 Å². The van der Waals surface area contributed by atoms with Gasteiger partial charge in [-0.25, -0.2) is 14.6 Å². The summed E-state index contributed by atoms with van der Waals surface area (Å²) in [6, 6.07) is 11.3. The second-order valence-corrected chi connectivity index (χ2v) is 7.59. The van der Waals surface area contributed by atoms with E-state index in [4.69, 9.17) is 16.6 Å². The number of hydrogen-bond donors (Lipinski definition) is 0. The third-order valence-corrected chi connectivity index (χ3v) is 5.07. The average Bonchev–Trinajstić information content (AvgIpc) is 2.87. The van der Waals surface area contributed by atoms with Crippen LogP contribution in [-0.2, 0) is 0 Å². The molecule has 3 aromatic rings. The minimum absolute atomic E-state index is 0.167. The molecule has 0 saturated heterocycles. The molecular weight excluding hydrogens is 372 g/mol. The highest BCUT2D eigenvalue weighted by Gasteiger charge is 2.20. The molecule has 0 bridgehead atoms. The molecule has 0 atom stereocenters. The van der Waals surface area contributed by atoms with E-state index >= 15 is 0 Å². The van der Waals surface area contributed by atoms with Crippen molar-refractivity contribution in [2.75, 3.05) is 5.01 Å². The Bertz CT molecular complexity index is 1190. The van der Waals surface area contributed by atoms with Crippen molar-refractivity contribution < 1.29 is 0 Å². The van der Waals surface area contributed by atoms with Gasteiger partial charge in [0.2, 0.25) is 5.95 Å². The fraction of sp³-hybridized carbons (Fsp3) is 0.227. The lowest BCUT2D eigenvalue weighted by atomic mass is 10.1. The number of aryl methyl sites for hydroxylation is 2. The van der Waals surface area contributed by atoms with Crippen molar-refractivity contribution in [3.8, 4) is 5.69 Å². The molecule has 0 aliphatic carbocycles. The Labute approximate surface area is 168 Å². The van der Waals surface area contributed by atoms with Crippen molar-refractivity contribution in [3.63, 3.8) is 0 Å². The van der Waals surface area contributed by atoms with Crippen LogP contribution < -0.4 is 10.6 Å². The van der Waals surface area contributed by atoms with Gasteiger partial charge in [0.1, 0.15) is 0 Å². The van der Waals surface area contributed by atoms with Crippen molar-refractivity contribution in [1.29, 1.82) is 0 Å². The van der Waals surface area contributed by atoms with Crippen LogP contribution in [0.2, 0.25) is 5.02 Å². The Balaban J connectivity index is 2.09. The highest BCUT2D eigenvalue weighted by Crippen LogP contribution is 2.27. The van der Waals surface area contributed by atoms with Crippen molar-refractivity contribution in [3.05, 3.63) is 74.7 Å². The van der Waals surface area contributed by atoms with Gasteiger partial charge in [-0.2, -0.15) is 5.10 Å². The molecule has 1 aromatic heterocycles. The number of aromatic nitrogens is 2. The van der Waals surface area contributed by atoms with E-state index in [-0.39, 0.29) is 5.56 Å². The van der Waals surface area contributed by atoms with Crippen LogP contribution in [0.3, 0.4) is 0 Å². The Morgan fingerprint density at radius 2 is 1.79 bits per heavy atom. The van der Waals surface area contributed by atoms with Crippen molar-refractivity contribution in [2.24, 2.45) is 5.10 Å². The van der Waals surface area contributed by atoms with E-state index in [0.717, 1.165) is 29.5 Å². The zero-order valence-electron chi connectivity index (χ0n) is 16.1. The molecule has 0 amide bonds. The molecule has 0 N–H and O–H groups in total. The molecule has 0 saturated carbocycles. The minimum Gasteiger partial charge on any atom is -0.268 e. The Kier molecular flexibility index (Phi) is 4.77. The molecule has 0 unspecified atom stereocenters. The molecule has 2 heterocycles. The summed E-state index contributed by atoms with van der Waals surface area (Å²) in [7, 11) is 0. The lowest BCUT2D eigenvalue weighted by Crippen LogP contribution is -2.27. The summed E-state index contributed by atoms with van der Waals surface area (Å²) in [5, 5.41) is 7.23. The number of fused-ring (bicyclic) bond motifs is 1. The van der Waals surface area contributed by atoms with Gasteiger partial charge in [-0.1, -0.05) is 34.9 Å². The Hall–Kier alpha value is -2.92. The molecule has 28 heavy (non-hydrogen) atoms. The number of rotatable bonds is 2. The maximum absolute atomic E-state index is 13.5. The number of hydrogen-bond acceptors (Lipinski definition) is 4. The van der Waals surface area contributed by atoms with Crippen LogP contribution in [0.5, 0.6) is 0 Å². The van der Waals surface area contributed by atoms with Gasteiger partial charge in [0.25, 0.3) is 5.56 Å². The van der Waals surface area contributed by atoms with Crippen LogP contribution in [0.4, 0.5) is 5.95 Å². The standard InChI is InChI=1S/C22H21ClN4O/c1-14-6-8-19-17(11-14)21(28)27(20-9-7-15(2)12-18(20)23)22(25-19)26-13-16(3)5-4-10-24-26/h6-13H,4-5H2,1-3H3. The average molecular weight is 393 g/mol. The molecule has 142 valence electrons. The van der Waals surface area contributed by atoms with Gasteiger partial charge in [-0.3, -0.25) is 4.79 Å². The second-order valence-electron chi connectivity index (χ2n) is 7.18. The number of benzene rings is 2. The first-order chi connectivity index (χ1) is 13.4.